The molecule has 1 aromatic heterocycles. The molecule has 1 aliphatic carbocycles. The normalized spacial score (nSPS) is 16.9. The molecule has 0 aromatic carbocycles. The Labute approximate surface area is 122 Å². The van der Waals surface area contributed by atoms with Crippen molar-refractivity contribution in [3.05, 3.63) is 11.4 Å². The van der Waals surface area contributed by atoms with Crippen LogP contribution < -0.4 is 10.6 Å². The maximum absolute atomic E-state index is 4.78. The molecular formula is C16H28N4. The minimum absolute atomic E-state index is 0.0444. The van der Waals surface area contributed by atoms with Gasteiger partial charge in [0.2, 0.25) is 0 Å². The van der Waals surface area contributed by atoms with Crippen molar-refractivity contribution in [2.45, 2.75) is 71.8 Å². The van der Waals surface area contributed by atoms with Crippen LogP contribution in [0.4, 0.5) is 11.6 Å². The summed E-state index contributed by atoms with van der Waals surface area (Å²) < 4.78 is 0. The smallest absolute Gasteiger partial charge is 0.138 e. The quantitative estimate of drug-likeness (QED) is 0.857. The van der Waals surface area contributed by atoms with Gasteiger partial charge in [0.15, 0.2) is 0 Å². The van der Waals surface area contributed by atoms with E-state index in [4.69, 9.17) is 9.97 Å². The van der Waals surface area contributed by atoms with Crippen molar-refractivity contribution >= 4 is 11.6 Å². The average Bonchev–Trinajstić information content (AvgIpc) is 3.07. The van der Waals surface area contributed by atoms with E-state index in [1.54, 1.807) is 0 Å². The minimum atomic E-state index is -0.0444. The average molecular weight is 276 g/mol. The SMILES string of the molecule is CCCNc1nc(C(C)(C)C)nc(NC2(C)CC2)c1C. The summed E-state index contributed by atoms with van der Waals surface area (Å²) in [6.07, 6.45) is 3.53. The Hall–Kier alpha value is -1.32. The van der Waals surface area contributed by atoms with Crippen LogP contribution in [0.15, 0.2) is 0 Å². The Bertz CT molecular complexity index is 484. The van der Waals surface area contributed by atoms with Crippen molar-refractivity contribution in [2.75, 3.05) is 17.2 Å². The Kier molecular flexibility index (Phi) is 3.94. The van der Waals surface area contributed by atoms with Crippen LogP contribution in [0.5, 0.6) is 0 Å². The molecule has 0 aliphatic heterocycles. The fourth-order valence-electron chi connectivity index (χ4n) is 1.99. The first-order valence-corrected chi connectivity index (χ1v) is 7.66. The molecule has 20 heavy (non-hydrogen) atoms. The zero-order chi connectivity index (χ0) is 15.0. The highest BCUT2D eigenvalue weighted by Crippen LogP contribution is 2.39. The predicted octanol–water partition coefficient (Wildman–Crippen LogP) is 3.87. The van der Waals surface area contributed by atoms with Gasteiger partial charge in [0.1, 0.15) is 17.5 Å². The van der Waals surface area contributed by atoms with Crippen LogP contribution >= 0.6 is 0 Å². The number of nitrogens with zero attached hydrogens (tertiary/aromatic N) is 2. The van der Waals surface area contributed by atoms with E-state index in [2.05, 4.69) is 52.2 Å². The Balaban J connectivity index is 2.37. The molecule has 4 nitrogen and oxygen atoms in total. The topological polar surface area (TPSA) is 49.8 Å². The lowest BCUT2D eigenvalue weighted by Gasteiger charge is -2.23. The predicted molar refractivity (Wildman–Crippen MR) is 85.5 cm³/mol. The van der Waals surface area contributed by atoms with Gasteiger partial charge in [-0.15, -0.1) is 0 Å². The van der Waals surface area contributed by atoms with Gasteiger partial charge in [-0.1, -0.05) is 27.7 Å². The first-order valence-electron chi connectivity index (χ1n) is 7.66. The number of hydrogen-bond donors (Lipinski definition) is 2. The molecule has 1 saturated carbocycles. The lowest BCUT2D eigenvalue weighted by molar-refractivity contribution is 0.545. The second kappa shape index (κ2) is 5.23. The van der Waals surface area contributed by atoms with Gasteiger partial charge in [-0.2, -0.15) is 0 Å². The fraction of sp³-hybridized carbons (Fsp3) is 0.750. The number of rotatable bonds is 5. The molecular weight excluding hydrogens is 248 g/mol. The molecule has 0 unspecified atom stereocenters. The minimum Gasteiger partial charge on any atom is -0.370 e. The molecule has 112 valence electrons. The van der Waals surface area contributed by atoms with E-state index in [0.29, 0.717) is 0 Å². The van der Waals surface area contributed by atoms with Gasteiger partial charge in [-0.3, -0.25) is 0 Å². The molecule has 1 aliphatic rings. The summed E-state index contributed by atoms with van der Waals surface area (Å²) in [7, 11) is 0. The van der Waals surface area contributed by atoms with Gasteiger partial charge >= 0.3 is 0 Å². The summed E-state index contributed by atoms with van der Waals surface area (Å²) in [5.74, 6) is 2.86. The Morgan fingerprint density at radius 2 is 1.75 bits per heavy atom. The molecule has 4 heteroatoms. The van der Waals surface area contributed by atoms with Crippen LogP contribution in [0, 0.1) is 6.92 Å². The van der Waals surface area contributed by atoms with E-state index in [9.17, 15) is 0 Å². The molecule has 0 bridgehead atoms. The maximum atomic E-state index is 4.78. The van der Waals surface area contributed by atoms with Crippen LogP contribution in [-0.2, 0) is 5.41 Å². The number of hydrogen-bond acceptors (Lipinski definition) is 4. The summed E-state index contributed by atoms with van der Waals surface area (Å²) in [5, 5.41) is 7.03. The second-order valence-electron chi connectivity index (χ2n) is 7.23. The summed E-state index contributed by atoms with van der Waals surface area (Å²) in [4.78, 5) is 9.51. The molecule has 0 saturated heterocycles. The molecule has 0 spiro atoms. The van der Waals surface area contributed by atoms with E-state index < -0.39 is 0 Å². The molecule has 2 rings (SSSR count). The molecule has 0 amide bonds. The first-order chi connectivity index (χ1) is 9.25. The van der Waals surface area contributed by atoms with Crippen LogP contribution in [0.25, 0.3) is 0 Å². The molecule has 1 heterocycles. The highest BCUT2D eigenvalue weighted by atomic mass is 15.1. The maximum Gasteiger partial charge on any atom is 0.138 e. The van der Waals surface area contributed by atoms with Crippen molar-refractivity contribution in [1.29, 1.82) is 0 Å². The van der Waals surface area contributed by atoms with Crippen molar-refractivity contribution in [2.24, 2.45) is 0 Å². The number of aromatic nitrogens is 2. The number of nitrogens with one attached hydrogen (secondary N) is 2. The zero-order valence-corrected chi connectivity index (χ0v) is 13.7. The van der Waals surface area contributed by atoms with Gasteiger partial charge < -0.3 is 10.6 Å². The van der Waals surface area contributed by atoms with Gasteiger partial charge in [0.05, 0.1) is 0 Å². The van der Waals surface area contributed by atoms with E-state index in [1.807, 2.05) is 0 Å². The highest BCUT2D eigenvalue weighted by molar-refractivity contribution is 5.59. The third-order valence-corrected chi connectivity index (χ3v) is 3.78. The lowest BCUT2D eigenvalue weighted by atomic mass is 9.95. The molecule has 1 fully saturated rings. The van der Waals surface area contributed by atoms with Gasteiger partial charge in [-0.25, -0.2) is 9.97 Å². The van der Waals surface area contributed by atoms with Crippen LogP contribution in [-0.4, -0.2) is 22.1 Å². The van der Waals surface area contributed by atoms with Crippen molar-refractivity contribution < 1.29 is 0 Å². The Morgan fingerprint density at radius 3 is 2.25 bits per heavy atom. The van der Waals surface area contributed by atoms with Gasteiger partial charge in [0, 0.05) is 23.1 Å². The summed E-state index contributed by atoms with van der Waals surface area (Å²) in [6.45, 7) is 13.9. The van der Waals surface area contributed by atoms with E-state index in [-0.39, 0.29) is 11.0 Å². The largest absolute Gasteiger partial charge is 0.370 e. The first kappa shape index (κ1) is 15.1. The van der Waals surface area contributed by atoms with Gasteiger partial charge in [0.25, 0.3) is 0 Å². The molecule has 0 atom stereocenters. The molecule has 2 N–H and O–H groups in total. The summed E-state index contributed by atoms with van der Waals surface area (Å²) >= 11 is 0. The van der Waals surface area contributed by atoms with Crippen molar-refractivity contribution in [3.63, 3.8) is 0 Å². The van der Waals surface area contributed by atoms with Gasteiger partial charge in [-0.05, 0) is 33.1 Å². The van der Waals surface area contributed by atoms with Crippen molar-refractivity contribution in [1.82, 2.24) is 9.97 Å². The lowest BCUT2D eigenvalue weighted by Crippen LogP contribution is -2.23. The summed E-state index contributed by atoms with van der Waals surface area (Å²) in [6, 6.07) is 0. The zero-order valence-electron chi connectivity index (χ0n) is 13.7. The second-order valence-corrected chi connectivity index (χ2v) is 7.23. The molecule has 1 aromatic rings. The monoisotopic (exact) mass is 276 g/mol. The van der Waals surface area contributed by atoms with E-state index >= 15 is 0 Å². The summed E-state index contributed by atoms with van der Waals surface area (Å²) in [5.41, 5.74) is 1.31. The van der Waals surface area contributed by atoms with Crippen LogP contribution in [0.3, 0.4) is 0 Å². The van der Waals surface area contributed by atoms with E-state index in [0.717, 1.165) is 36.0 Å². The highest BCUT2D eigenvalue weighted by Gasteiger charge is 2.38. The fourth-order valence-corrected chi connectivity index (χ4v) is 1.99. The number of anilines is 2. The Morgan fingerprint density at radius 1 is 1.15 bits per heavy atom. The third kappa shape index (κ3) is 3.41. The third-order valence-electron chi connectivity index (χ3n) is 3.78. The standard InChI is InChI=1S/C16H28N4/c1-7-10-17-12-11(2)13(20-16(6)8-9-16)19-14(18-12)15(3,4)5/h7-10H2,1-6H3,(H2,17,18,19,20). The van der Waals surface area contributed by atoms with Crippen LogP contribution in [0.2, 0.25) is 0 Å². The van der Waals surface area contributed by atoms with E-state index in [1.165, 1.54) is 12.8 Å². The molecule has 0 radical (unpaired) electrons. The van der Waals surface area contributed by atoms with Crippen LogP contribution in [0.1, 0.15) is 65.3 Å². The van der Waals surface area contributed by atoms with Crippen molar-refractivity contribution in [3.8, 4) is 0 Å².